The number of amides is 3. The maximum absolute atomic E-state index is 12.3. The van der Waals surface area contributed by atoms with E-state index in [1.165, 1.54) is 0 Å². The van der Waals surface area contributed by atoms with Gasteiger partial charge in [-0.05, 0) is 70.9 Å². The summed E-state index contributed by atoms with van der Waals surface area (Å²) in [4.78, 5) is 26.4. The van der Waals surface area contributed by atoms with Crippen molar-refractivity contribution in [3.05, 3.63) is 29.8 Å². The molecule has 0 aromatic heterocycles. The maximum atomic E-state index is 12.3. The number of nitrogens with one attached hydrogen (secondary N) is 3. The molecule has 0 atom stereocenters. The largest absolute Gasteiger partial charge is 0.352 e. The minimum absolute atomic E-state index is 0.0611. The van der Waals surface area contributed by atoms with E-state index in [9.17, 15) is 9.59 Å². The van der Waals surface area contributed by atoms with Gasteiger partial charge in [0.1, 0.15) is 0 Å². The zero-order valence-corrected chi connectivity index (χ0v) is 14.8. The summed E-state index contributed by atoms with van der Waals surface area (Å²) in [6, 6.07) is 6.79. The number of rotatable bonds is 5. The molecule has 132 valence electrons. The lowest BCUT2D eigenvalue weighted by Gasteiger charge is -2.28. The fourth-order valence-electron chi connectivity index (χ4n) is 2.77. The number of benzene rings is 1. The van der Waals surface area contributed by atoms with Crippen LogP contribution in [-0.2, 0) is 0 Å². The van der Waals surface area contributed by atoms with Crippen molar-refractivity contribution in [1.29, 1.82) is 0 Å². The summed E-state index contributed by atoms with van der Waals surface area (Å²) in [6.07, 6.45) is 2.24. The van der Waals surface area contributed by atoms with Gasteiger partial charge in [-0.3, -0.25) is 4.79 Å². The predicted octanol–water partition coefficient (Wildman–Crippen LogP) is 2.29. The van der Waals surface area contributed by atoms with Gasteiger partial charge < -0.3 is 20.9 Å². The lowest BCUT2D eigenvalue weighted by molar-refractivity contribution is 0.0939. The minimum atomic E-state index is -0.270. The molecule has 0 bridgehead atoms. The lowest BCUT2D eigenvalue weighted by atomic mass is 9.97. The van der Waals surface area contributed by atoms with Gasteiger partial charge in [-0.15, -0.1) is 0 Å². The molecule has 0 spiro atoms. The highest BCUT2D eigenvalue weighted by Gasteiger charge is 2.17. The standard InChI is InChI=1S/C18H28N4O2/c1-13(2)20-18(24)21-16-6-4-5-15(11-16)17(23)19-12-14-7-9-22(3)10-8-14/h4-6,11,13-14H,7-10,12H2,1-3H3,(H,19,23)(H2,20,21,24). The van der Waals surface area contributed by atoms with Gasteiger partial charge in [0, 0.05) is 23.8 Å². The molecule has 1 fully saturated rings. The number of carbonyl (C=O) groups excluding carboxylic acids is 2. The number of hydrogen-bond acceptors (Lipinski definition) is 3. The molecule has 0 saturated carbocycles. The van der Waals surface area contributed by atoms with E-state index >= 15 is 0 Å². The van der Waals surface area contributed by atoms with Gasteiger partial charge in [0.25, 0.3) is 5.91 Å². The van der Waals surface area contributed by atoms with Crippen LogP contribution in [0.5, 0.6) is 0 Å². The molecule has 0 aliphatic carbocycles. The molecule has 3 amide bonds. The van der Waals surface area contributed by atoms with E-state index in [0.29, 0.717) is 23.7 Å². The van der Waals surface area contributed by atoms with E-state index in [0.717, 1.165) is 25.9 Å². The molecule has 1 aromatic carbocycles. The number of hydrogen-bond donors (Lipinski definition) is 3. The molecule has 6 nitrogen and oxygen atoms in total. The average Bonchev–Trinajstić information content (AvgIpc) is 2.53. The van der Waals surface area contributed by atoms with Crippen LogP contribution in [0.3, 0.4) is 0 Å². The Morgan fingerprint density at radius 1 is 1.25 bits per heavy atom. The Kier molecular flexibility index (Phi) is 6.61. The Hall–Kier alpha value is -2.08. The first-order valence-corrected chi connectivity index (χ1v) is 8.58. The van der Waals surface area contributed by atoms with Gasteiger partial charge in [-0.25, -0.2) is 4.79 Å². The van der Waals surface area contributed by atoms with Gasteiger partial charge in [0.05, 0.1) is 0 Å². The van der Waals surface area contributed by atoms with Crippen molar-refractivity contribution in [2.75, 3.05) is 32.0 Å². The van der Waals surface area contributed by atoms with Crippen molar-refractivity contribution in [2.24, 2.45) is 5.92 Å². The van der Waals surface area contributed by atoms with Gasteiger partial charge in [-0.2, -0.15) is 0 Å². The molecule has 1 aliphatic heterocycles. The van der Waals surface area contributed by atoms with Crippen LogP contribution in [0.15, 0.2) is 24.3 Å². The number of urea groups is 1. The van der Waals surface area contributed by atoms with Crippen molar-refractivity contribution in [1.82, 2.24) is 15.5 Å². The van der Waals surface area contributed by atoms with Gasteiger partial charge in [0.15, 0.2) is 0 Å². The smallest absolute Gasteiger partial charge is 0.319 e. The molecule has 0 radical (unpaired) electrons. The number of carbonyl (C=O) groups is 2. The molecule has 1 saturated heterocycles. The number of likely N-dealkylation sites (tertiary alicyclic amines) is 1. The molecule has 1 aliphatic rings. The molecule has 3 N–H and O–H groups in total. The van der Waals surface area contributed by atoms with E-state index in [4.69, 9.17) is 0 Å². The van der Waals surface area contributed by atoms with Gasteiger partial charge >= 0.3 is 6.03 Å². The summed E-state index contributed by atoms with van der Waals surface area (Å²) < 4.78 is 0. The highest BCUT2D eigenvalue weighted by molar-refractivity contribution is 5.96. The first-order chi connectivity index (χ1) is 11.4. The van der Waals surface area contributed by atoms with Crippen molar-refractivity contribution >= 4 is 17.6 Å². The maximum Gasteiger partial charge on any atom is 0.319 e. The number of anilines is 1. The zero-order valence-electron chi connectivity index (χ0n) is 14.8. The van der Waals surface area contributed by atoms with E-state index in [2.05, 4.69) is 27.9 Å². The van der Waals surface area contributed by atoms with Crippen molar-refractivity contribution in [2.45, 2.75) is 32.7 Å². The molecule has 24 heavy (non-hydrogen) atoms. The fraction of sp³-hybridized carbons (Fsp3) is 0.556. The second-order valence-corrected chi connectivity index (χ2v) is 6.79. The van der Waals surface area contributed by atoms with E-state index in [-0.39, 0.29) is 18.0 Å². The van der Waals surface area contributed by atoms with Crippen LogP contribution < -0.4 is 16.0 Å². The molecular weight excluding hydrogens is 304 g/mol. The Morgan fingerprint density at radius 3 is 2.62 bits per heavy atom. The summed E-state index contributed by atoms with van der Waals surface area (Å²) in [5.41, 5.74) is 1.17. The third-order valence-corrected chi connectivity index (χ3v) is 4.19. The third kappa shape index (κ3) is 5.85. The summed E-state index contributed by atoms with van der Waals surface area (Å²) in [6.45, 7) is 6.67. The normalized spacial score (nSPS) is 16.0. The molecule has 0 unspecified atom stereocenters. The van der Waals surface area contributed by atoms with Crippen LogP contribution in [0.25, 0.3) is 0 Å². The quantitative estimate of drug-likeness (QED) is 0.774. The SMILES string of the molecule is CC(C)NC(=O)Nc1cccc(C(=O)NCC2CCN(C)CC2)c1. The Morgan fingerprint density at radius 2 is 1.96 bits per heavy atom. The number of piperidine rings is 1. The first-order valence-electron chi connectivity index (χ1n) is 8.58. The molecule has 1 heterocycles. The highest BCUT2D eigenvalue weighted by atomic mass is 16.2. The molecule has 1 aromatic rings. The highest BCUT2D eigenvalue weighted by Crippen LogP contribution is 2.15. The van der Waals surface area contributed by atoms with Crippen LogP contribution >= 0.6 is 0 Å². The van der Waals surface area contributed by atoms with Crippen LogP contribution in [0.1, 0.15) is 37.0 Å². The molecule has 6 heteroatoms. The van der Waals surface area contributed by atoms with E-state index in [1.807, 2.05) is 13.8 Å². The number of nitrogens with zero attached hydrogens (tertiary/aromatic N) is 1. The van der Waals surface area contributed by atoms with E-state index in [1.54, 1.807) is 24.3 Å². The topological polar surface area (TPSA) is 73.5 Å². The van der Waals surface area contributed by atoms with Crippen LogP contribution in [0.4, 0.5) is 10.5 Å². The Bertz CT molecular complexity index is 566. The third-order valence-electron chi connectivity index (χ3n) is 4.19. The summed E-state index contributed by atoms with van der Waals surface area (Å²) in [5, 5.41) is 8.51. The van der Waals surface area contributed by atoms with Crippen molar-refractivity contribution in [3.63, 3.8) is 0 Å². The predicted molar refractivity (Wildman–Crippen MR) is 96.3 cm³/mol. The summed E-state index contributed by atoms with van der Waals surface area (Å²) >= 11 is 0. The fourth-order valence-corrected chi connectivity index (χ4v) is 2.77. The zero-order chi connectivity index (χ0) is 17.5. The van der Waals surface area contributed by atoms with Gasteiger partial charge in [0.2, 0.25) is 0 Å². The summed E-state index contributed by atoms with van der Waals surface area (Å²) in [5.74, 6) is 0.449. The van der Waals surface area contributed by atoms with Gasteiger partial charge in [-0.1, -0.05) is 6.07 Å². The Labute approximate surface area is 144 Å². The second kappa shape index (κ2) is 8.68. The monoisotopic (exact) mass is 332 g/mol. The van der Waals surface area contributed by atoms with Crippen LogP contribution in [0.2, 0.25) is 0 Å². The second-order valence-electron chi connectivity index (χ2n) is 6.79. The lowest BCUT2D eigenvalue weighted by Crippen LogP contribution is -2.37. The van der Waals surface area contributed by atoms with Crippen LogP contribution in [0, 0.1) is 5.92 Å². The van der Waals surface area contributed by atoms with Crippen molar-refractivity contribution < 1.29 is 9.59 Å². The average molecular weight is 332 g/mol. The molecular formula is C18H28N4O2. The first kappa shape index (κ1) is 18.3. The minimum Gasteiger partial charge on any atom is -0.352 e. The van der Waals surface area contributed by atoms with E-state index < -0.39 is 0 Å². The summed E-state index contributed by atoms with van der Waals surface area (Å²) in [7, 11) is 2.13. The van der Waals surface area contributed by atoms with Crippen LogP contribution in [-0.4, -0.2) is 49.6 Å². The molecule has 2 rings (SSSR count). The Balaban J connectivity index is 1.85. The van der Waals surface area contributed by atoms with Crippen molar-refractivity contribution in [3.8, 4) is 0 Å².